The van der Waals surface area contributed by atoms with E-state index in [4.69, 9.17) is 0 Å². The summed E-state index contributed by atoms with van der Waals surface area (Å²) in [5.74, 6) is -0.572. The molecule has 2 N–H and O–H groups in total. The van der Waals surface area contributed by atoms with Crippen LogP contribution in [0.25, 0.3) is 11.3 Å². The molecular formula is C13H15F2N3. The van der Waals surface area contributed by atoms with E-state index in [2.05, 4.69) is 15.5 Å². The van der Waals surface area contributed by atoms with Crippen molar-refractivity contribution in [1.82, 2.24) is 10.2 Å². The van der Waals surface area contributed by atoms with Crippen LogP contribution in [0.1, 0.15) is 20.8 Å². The first kappa shape index (κ1) is 12.5. The fraction of sp³-hybridized carbons (Fsp3) is 0.308. The summed E-state index contributed by atoms with van der Waals surface area (Å²) >= 11 is 0. The molecule has 0 atom stereocenters. The largest absolute Gasteiger partial charge is 0.364 e. The van der Waals surface area contributed by atoms with Crippen LogP contribution in [0.3, 0.4) is 0 Å². The maximum Gasteiger partial charge on any atom is 0.148 e. The predicted octanol–water partition coefficient (Wildman–Crippen LogP) is 3.57. The summed E-state index contributed by atoms with van der Waals surface area (Å²) < 4.78 is 26.2. The maximum atomic E-state index is 13.1. The van der Waals surface area contributed by atoms with E-state index in [1.165, 1.54) is 12.1 Å². The standard InChI is InChI=1S/C13H15F2N3/c1-13(2,3)16-12-7-11(17-18-12)8-4-9(14)6-10(15)5-8/h4-7H,1-3H3,(H2,16,17,18). The highest BCUT2D eigenvalue weighted by Gasteiger charge is 2.12. The molecule has 5 heteroatoms. The second kappa shape index (κ2) is 4.40. The molecule has 0 aliphatic heterocycles. The zero-order valence-electron chi connectivity index (χ0n) is 10.5. The molecular weight excluding hydrogens is 236 g/mol. The van der Waals surface area contributed by atoms with Crippen LogP contribution in [0.4, 0.5) is 14.6 Å². The van der Waals surface area contributed by atoms with Gasteiger partial charge in [-0.05, 0) is 32.9 Å². The van der Waals surface area contributed by atoms with Crippen molar-refractivity contribution < 1.29 is 8.78 Å². The van der Waals surface area contributed by atoms with Crippen LogP contribution in [0.5, 0.6) is 0 Å². The molecule has 0 radical (unpaired) electrons. The minimum absolute atomic E-state index is 0.125. The Bertz CT molecular complexity index is 535. The van der Waals surface area contributed by atoms with Crippen LogP contribution in [0, 0.1) is 11.6 Å². The molecule has 2 aromatic rings. The van der Waals surface area contributed by atoms with Crippen molar-refractivity contribution >= 4 is 5.82 Å². The number of nitrogens with zero attached hydrogens (tertiary/aromatic N) is 1. The third kappa shape index (κ3) is 3.06. The van der Waals surface area contributed by atoms with Crippen molar-refractivity contribution in [3.05, 3.63) is 35.9 Å². The summed E-state index contributed by atoms with van der Waals surface area (Å²) in [6.07, 6.45) is 0. The number of halogens is 2. The monoisotopic (exact) mass is 251 g/mol. The minimum atomic E-state index is -0.607. The van der Waals surface area contributed by atoms with Crippen LogP contribution in [-0.2, 0) is 0 Å². The quantitative estimate of drug-likeness (QED) is 0.856. The lowest BCUT2D eigenvalue weighted by atomic mass is 10.1. The summed E-state index contributed by atoms with van der Waals surface area (Å²) in [5.41, 5.74) is 0.877. The fourth-order valence-corrected chi connectivity index (χ4v) is 1.63. The third-order valence-corrected chi connectivity index (χ3v) is 2.25. The Balaban J connectivity index is 2.29. The van der Waals surface area contributed by atoms with Gasteiger partial charge in [0.2, 0.25) is 0 Å². The Hall–Kier alpha value is -1.91. The Morgan fingerprint density at radius 2 is 1.67 bits per heavy atom. The third-order valence-electron chi connectivity index (χ3n) is 2.25. The smallest absolute Gasteiger partial charge is 0.148 e. The molecule has 0 amide bonds. The number of aromatic amines is 1. The Labute approximate surface area is 104 Å². The molecule has 0 saturated heterocycles. The van der Waals surface area contributed by atoms with Crippen molar-refractivity contribution in [2.45, 2.75) is 26.3 Å². The van der Waals surface area contributed by atoms with Crippen LogP contribution >= 0.6 is 0 Å². The second-order valence-corrected chi connectivity index (χ2v) is 5.20. The molecule has 1 aromatic carbocycles. The lowest BCUT2D eigenvalue weighted by Crippen LogP contribution is -2.26. The highest BCUT2D eigenvalue weighted by molar-refractivity contribution is 5.63. The van der Waals surface area contributed by atoms with E-state index in [-0.39, 0.29) is 5.54 Å². The van der Waals surface area contributed by atoms with Crippen molar-refractivity contribution in [3.8, 4) is 11.3 Å². The lowest BCUT2D eigenvalue weighted by molar-refractivity contribution is 0.584. The first-order valence-corrected chi connectivity index (χ1v) is 5.63. The van der Waals surface area contributed by atoms with Crippen LogP contribution in [0.15, 0.2) is 24.3 Å². The number of aromatic nitrogens is 2. The van der Waals surface area contributed by atoms with E-state index in [1.54, 1.807) is 6.07 Å². The molecule has 0 aliphatic rings. The van der Waals surface area contributed by atoms with E-state index >= 15 is 0 Å². The minimum Gasteiger partial charge on any atom is -0.364 e. The van der Waals surface area contributed by atoms with Crippen LogP contribution in [-0.4, -0.2) is 15.7 Å². The van der Waals surface area contributed by atoms with Gasteiger partial charge in [-0.25, -0.2) is 8.78 Å². The number of rotatable bonds is 2. The number of benzene rings is 1. The molecule has 1 aromatic heterocycles. The highest BCUT2D eigenvalue weighted by atomic mass is 19.1. The molecule has 0 bridgehead atoms. The van der Waals surface area contributed by atoms with Crippen LogP contribution in [0.2, 0.25) is 0 Å². The van der Waals surface area contributed by atoms with Gasteiger partial charge in [0.15, 0.2) is 0 Å². The topological polar surface area (TPSA) is 40.7 Å². The number of H-pyrrole nitrogens is 1. The zero-order valence-corrected chi connectivity index (χ0v) is 10.5. The number of anilines is 1. The molecule has 1 heterocycles. The maximum absolute atomic E-state index is 13.1. The number of hydrogen-bond donors (Lipinski definition) is 2. The van der Waals surface area contributed by atoms with Gasteiger partial charge in [-0.2, -0.15) is 5.10 Å². The number of hydrogen-bond acceptors (Lipinski definition) is 2. The van der Waals surface area contributed by atoms with E-state index < -0.39 is 11.6 Å². The molecule has 18 heavy (non-hydrogen) atoms. The predicted molar refractivity (Wildman–Crippen MR) is 67.3 cm³/mol. The van der Waals surface area contributed by atoms with Gasteiger partial charge in [-0.3, -0.25) is 5.10 Å². The van der Waals surface area contributed by atoms with Crippen molar-refractivity contribution in [2.24, 2.45) is 0 Å². The summed E-state index contributed by atoms with van der Waals surface area (Å²) in [7, 11) is 0. The summed E-state index contributed by atoms with van der Waals surface area (Å²) in [6, 6.07) is 5.09. The normalized spacial score (nSPS) is 11.6. The van der Waals surface area contributed by atoms with E-state index in [1.807, 2.05) is 20.8 Å². The second-order valence-electron chi connectivity index (χ2n) is 5.20. The Morgan fingerprint density at radius 3 is 2.22 bits per heavy atom. The molecule has 0 aliphatic carbocycles. The van der Waals surface area contributed by atoms with Crippen molar-refractivity contribution in [3.63, 3.8) is 0 Å². The highest BCUT2D eigenvalue weighted by Crippen LogP contribution is 2.23. The van der Waals surface area contributed by atoms with Crippen molar-refractivity contribution in [1.29, 1.82) is 0 Å². The molecule has 0 spiro atoms. The molecule has 96 valence electrons. The molecule has 0 unspecified atom stereocenters. The van der Waals surface area contributed by atoms with Crippen molar-refractivity contribution in [2.75, 3.05) is 5.32 Å². The summed E-state index contributed by atoms with van der Waals surface area (Å²) in [5, 5.41) is 9.98. The van der Waals surface area contributed by atoms with Gasteiger partial charge >= 0.3 is 0 Å². The zero-order chi connectivity index (χ0) is 13.3. The van der Waals surface area contributed by atoms with Crippen LogP contribution < -0.4 is 5.32 Å². The molecule has 0 fully saturated rings. The van der Waals surface area contributed by atoms with E-state index in [0.717, 1.165) is 6.07 Å². The first-order chi connectivity index (χ1) is 8.33. The fourth-order valence-electron chi connectivity index (χ4n) is 1.63. The van der Waals surface area contributed by atoms with Gasteiger partial charge in [0.1, 0.15) is 17.5 Å². The average molecular weight is 251 g/mol. The molecule has 3 nitrogen and oxygen atoms in total. The van der Waals surface area contributed by atoms with Gasteiger partial charge < -0.3 is 5.32 Å². The van der Waals surface area contributed by atoms with E-state index in [9.17, 15) is 8.78 Å². The van der Waals surface area contributed by atoms with Gasteiger partial charge in [-0.1, -0.05) is 0 Å². The molecule has 0 saturated carbocycles. The summed E-state index contributed by atoms with van der Waals surface area (Å²) in [4.78, 5) is 0. The average Bonchev–Trinajstić information content (AvgIpc) is 2.61. The van der Waals surface area contributed by atoms with Gasteiger partial charge in [0, 0.05) is 23.2 Å². The Kier molecular flexibility index (Phi) is 3.07. The summed E-state index contributed by atoms with van der Waals surface area (Å²) in [6.45, 7) is 6.01. The van der Waals surface area contributed by atoms with Gasteiger partial charge in [0.25, 0.3) is 0 Å². The van der Waals surface area contributed by atoms with Gasteiger partial charge in [0.05, 0.1) is 5.69 Å². The lowest BCUT2D eigenvalue weighted by Gasteiger charge is -2.19. The number of nitrogens with one attached hydrogen (secondary N) is 2. The molecule has 2 rings (SSSR count). The SMILES string of the molecule is CC(C)(C)Nc1cc(-c2cc(F)cc(F)c2)[nH]n1. The Morgan fingerprint density at radius 1 is 1.06 bits per heavy atom. The van der Waals surface area contributed by atoms with E-state index in [0.29, 0.717) is 17.1 Å². The van der Waals surface area contributed by atoms with Gasteiger partial charge in [-0.15, -0.1) is 0 Å². The first-order valence-electron chi connectivity index (χ1n) is 5.63.